The summed E-state index contributed by atoms with van der Waals surface area (Å²) in [6.07, 6.45) is 4.07. The number of para-hydroxylation sites is 1. The first-order valence-electron chi connectivity index (χ1n) is 6.09. The van der Waals surface area contributed by atoms with Crippen LogP contribution in [0.4, 0.5) is 0 Å². The molecule has 0 saturated carbocycles. The van der Waals surface area contributed by atoms with Gasteiger partial charge in [0.15, 0.2) is 0 Å². The first kappa shape index (κ1) is 12.1. The Balaban J connectivity index is 2.57. The molecule has 0 amide bonds. The molecule has 0 aliphatic rings. The molecule has 0 aliphatic heterocycles. The molecular formula is C16H14N2. The number of pyridine rings is 1. The lowest BCUT2D eigenvalue weighted by Crippen LogP contribution is -1.93. The topological polar surface area (TPSA) is 36.7 Å². The SMILES string of the molecule is CCCC#Cc1cnc2ccccc2c1CC#N. The van der Waals surface area contributed by atoms with Crippen LogP contribution < -0.4 is 0 Å². The average molecular weight is 234 g/mol. The van der Waals surface area contributed by atoms with Crippen molar-refractivity contribution in [3.05, 3.63) is 41.6 Å². The van der Waals surface area contributed by atoms with E-state index in [0.717, 1.165) is 34.9 Å². The molecule has 0 atom stereocenters. The highest BCUT2D eigenvalue weighted by Crippen LogP contribution is 2.20. The minimum atomic E-state index is 0.374. The van der Waals surface area contributed by atoms with Crippen molar-refractivity contribution in [2.45, 2.75) is 26.2 Å². The Kier molecular flexibility index (Phi) is 3.94. The van der Waals surface area contributed by atoms with Gasteiger partial charge in [0, 0.05) is 23.6 Å². The number of fused-ring (bicyclic) bond motifs is 1. The third kappa shape index (κ3) is 2.50. The summed E-state index contributed by atoms with van der Waals surface area (Å²) < 4.78 is 0. The molecule has 1 aromatic heterocycles. The van der Waals surface area contributed by atoms with Crippen LogP contribution in [0.3, 0.4) is 0 Å². The zero-order valence-electron chi connectivity index (χ0n) is 10.4. The lowest BCUT2D eigenvalue weighted by atomic mass is 10.0. The second-order valence-corrected chi connectivity index (χ2v) is 4.05. The van der Waals surface area contributed by atoms with Crippen molar-refractivity contribution in [1.29, 1.82) is 5.26 Å². The monoisotopic (exact) mass is 234 g/mol. The van der Waals surface area contributed by atoms with Crippen molar-refractivity contribution >= 4 is 10.9 Å². The fourth-order valence-corrected chi connectivity index (χ4v) is 1.86. The van der Waals surface area contributed by atoms with Crippen molar-refractivity contribution in [1.82, 2.24) is 4.98 Å². The molecule has 2 aromatic rings. The second kappa shape index (κ2) is 5.84. The van der Waals surface area contributed by atoms with E-state index in [1.54, 1.807) is 6.20 Å². The summed E-state index contributed by atoms with van der Waals surface area (Å²) in [4.78, 5) is 4.39. The maximum atomic E-state index is 8.96. The molecule has 88 valence electrons. The molecule has 0 spiro atoms. The zero-order valence-corrected chi connectivity index (χ0v) is 10.4. The van der Waals surface area contributed by atoms with Gasteiger partial charge in [-0.15, -0.1) is 0 Å². The maximum Gasteiger partial charge on any atom is 0.0706 e. The van der Waals surface area contributed by atoms with Gasteiger partial charge in [-0.25, -0.2) is 0 Å². The van der Waals surface area contributed by atoms with Crippen LogP contribution in [0.25, 0.3) is 10.9 Å². The van der Waals surface area contributed by atoms with E-state index in [0.29, 0.717) is 6.42 Å². The molecule has 2 heteroatoms. The van der Waals surface area contributed by atoms with E-state index < -0.39 is 0 Å². The number of hydrogen-bond acceptors (Lipinski definition) is 2. The van der Waals surface area contributed by atoms with Gasteiger partial charge >= 0.3 is 0 Å². The second-order valence-electron chi connectivity index (χ2n) is 4.05. The van der Waals surface area contributed by atoms with Crippen molar-refractivity contribution in [2.75, 3.05) is 0 Å². The van der Waals surface area contributed by atoms with Gasteiger partial charge in [-0.2, -0.15) is 5.26 Å². The van der Waals surface area contributed by atoms with Crippen LogP contribution in [-0.4, -0.2) is 4.98 Å². The molecular weight excluding hydrogens is 220 g/mol. The highest BCUT2D eigenvalue weighted by atomic mass is 14.7. The van der Waals surface area contributed by atoms with E-state index >= 15 is 0 Å². The minimum absolute atomic E-state index is 0.374. The van der Waals surface area contributed by atoms with Crippen LogP contribution in [0.5, 0.6) is 0 Å². The standard InChI is InChI=1S/C16H14N2/c1-2-3-4-7-13-12-18-16-9-6-5-8-15(16)14(13)10-11-17/h5-6,8-9,12H,2-3,10H2,1H3. The molecule has 0 radical (unpaired) electrons. The number of nitriles is 1. The summed E-state index contributed by atoms with van der Waals surface area (Å²) in [7, 11) is 0. The van der Waals surface area contributed by atoms with E-state index in [1.165, 1.54) is 0 Å². The Morgan fingerprint density at radius 3 is 2.89 bits per heavy atom. The Labute approximate surface area is 107 Å². The number of aromatic nitrogens is 1. The van der Waals surface area contributed by atoms with Crippen molar-refractivity contribution in [3.8, 4) is 17.9 Å². The van der Waals surface area contributed by atoms with Gasteiger partial charge in [-0.05, 0) is 18.1 Å². The molecule has 2 rings (SSSR count). The third-order valence-electron chi connectivity index (χ3n) is 2.74. The maximum absolute atomic E-state index is 8.96. The zero-order chi connectivity index (χ0) is 12.8. The number of benzene rings is 1. The third-order valence-corrected chi connectivity index (χ3v) is 2.74. The lowest BCUT2D eigenvalue weighted by molar-refractivity contribution is 0.983. The average Bonchev–Trinajstić information content (AvgIpc) is 2.41. The van der Waals surface area contributed by atoms with Gasteiger partial charge in [0.1, 0.15) is 0 Å². The Bertz CT molecular complexity index is 654. The number of unbranched alkanes of at least 4 members (excludes halogenated alkanes) is 1. The van der Waals surface area contributed by atoms with E-state index in [4.69, 9.17) is 5.26 Å². The van der Waals surface area contributed by atoms with Gasteiger partial charge < -0.3 is 0 Å². The minimum Gasteiger partial charge on any atom is -0.255 e. The highest BCUT2D eigenvalue weighted by molar-refractivity contribution is 5.84. The molecule has 0 unspecified atom stereocenters. The molecule has 1 heterocycles. The van der Waals surface area contributed by atoms with Gasteiger partial charge in [-0.3, -0.25) is 4.98 Å². The smallest absolute Gasteiger partial charge is 0.0706 e. The van der Waals surface area contributed by atoms with E-state index in [-0.39, 0.29) is 0 Å². The van der Waals surface area contributed by atoms with Crippen LogP contribution in [0.2, 0.25) is 0 Å². The highest BCUT2D eigenvalue weighted by Gasteiger charge is 2.06. The number of nitrogens with zero attached hydrogens (tertiary/aromatic N) is 2. The normalized spacial score (nSPS) is 9.56. The molecule has 0 saturated heterocycles. The molecule has 0 fully saturated rings. The van der Waals surface area contributed by atoms with Gasteiger partial charge in [0.2, 0.25) is 0 Å². The van der Waals surface area contributed by atoms with Crippen molar-refractivity contribution in [3.63, 3.8) is 0 Å². The van der Waals surface area contributed by atoms with Crippen LogP contribution in [0, 0.1) is 23.2 Å². The van der Waals surface area contributed by atoms with Gasteiger partial charge in [-0.1, -0.05) is 37.0 Å². The molecule has 0 bridgehead atoms. The predicted molar refractivity (Wildman–Crippen MR) is 72.8 cm³/mol. The van der Waals surface area contributed by atoms with Crippen LogP contribution >= 0.6 is 0 Å². The van der Waals surface area contributed by atoms with Gasteiger partial charge in [0.25, 0.3) is 0 Å². The summed E-state index contributed by atoms with van der Waals surface area (Å²) in [5.41, 5.74) is 2.79. The fraction of sp³-hybridized carbons (Fsp3) is 0.250. The van der Waals surface area contributed by atoms with E-state index in [1.807, 2.05) is 24.3 Å². The van der Waals surface area contributed by atoms with Crippen LogP contribution in [-0.2, 0) is 6.42 Å². The van der Waals surface area contributed by atoms with E-state index in [2.05, 4.69) is 29.8 Å². The molecule has 1 aromatic carbocycles. The molecule has 0 N–H and O–H groups in total. The largest absolute Gasteiger partial charge is 0.255 e. The van der Waals surface area contributed by atoms with E-state index in [9.17, 15) is 0 Å². The fourth-order valence-electron chi connectivity index (χ4n) is 1.86. The first-order valence-corrected chi connectivity index (χ1v) is 6.09. The van der Waals surface area contributed by atoms with Crippen LogP contribution in [0.1, 0.15) is 30.9 Å². The number of hydrogen-bond donors (Lipinski definition) is 0. The summed E-state index contributed by atoms with van der Waals surface area (Å²) in [6, 6.07) is 10.1. The first-order chi connectivity index (χ1) is 8.86. The van der Waals surface area contributed by atoms with Crippen molar-refractivity contribution in [2.24, 2.45) is 0 Å². The number of rotatable bonds is 2. The molecule has 18 heavy (non-hydrogen) atoms. The summed E-state index contributed by atoms with van der Waals surface area (Å²) in [5.74, 6) is 6.24. The summed E-state index contributed by atoms with van der Waals surface area (Å²) in [5, 5.41) is 9.99. The Hall–Kier alpha value is -2.32. The quantitative estimate of drug-likeness (QED) is 0.746. The Morgan fingerprint density at radius 1 is 1.28 bits per heavy atom. The summed E-state index contributed by atoms with van der Waals surface area (Å²) in [6.45, 7) is 2.10. The molecule has 2 nitrogen and oxygen atoms in total. The molecule has 0 aliphatic carbocycles. The van der Waals surface area contributed by atoms with Crippen LogP contribution in [0.15, 0.2) is 30.5 Å². The summed E-state index contributed by atoms with van der Waals surface area (Å²) >= 11 is 0. The van der Waals surface area contributed by atoms with Gasteiger partial charge in [0.05, 0.1) is 18.0 Å². The lowest BCUT2D eigenvalue weighted by Gasteiger charge is -2.05. The van der Waals surface area contributed by atoms with Crippen molar-refractivity contribution < 1.29 is 0 Å². The predicted octanol–water partition coefficient (Wildman–Crippen LogP) is 3.45. The Morgan fingerprint density at radius 2 is 2.11 bits per heavy atom.